The molecule has 0 aliphatic carbocycles. The van der Waals surface area contributed by atoms with Gasteiger partial charge in [0.05, 0.1) is 6.04 Å². The zero-order valence-electron chi connectivity index (χ0n) is 13.0. The van der Waals surface area contributed by atoms with E-state index < -0.39 is 0 Å². The van der Waals surface area contributed by atoms with Gasteiger partial charge in [-0.2, -0.15) is 0 Å². The molecule has 1 heterocycles. The second-order valence-corrected chi connectivity index (χ2v) is 5.74. The number of hydrogen-bond donors (Lipinski definition) is 1. The molecule has 0 aliphatic heterocycles. The Bertz CT molecular complexity index is 600. The van der Waals surface area contributed by atoms with E-state index in [1.807, 2.05) is 37.5 Å². The van der Waals surface area contributed by atoms with Gasteiger partial charge in [-0.25, -0.2) is 4.98 Å². The molecule has 4 heteroatoms. The number of nitrogens with zero attached hydrogens (tertiary/aromatic N) is 2. The molecule has 1 N–H and O–H groups in total. The van der Waals surface area contributed by atoms with Gasteiger partial charge < -0.3 is 10.2 Å². The summed E-state index contributed by atoms with van der Waals surface area (Å²) in [4.78, 5) is 6.65. The first-order valence-electron chi connectivity index (χ1n) is 7.14. The molecule has 2 aromatic rings. The van der Waals surface area contributed by atoms with E-state index in [4.69, 9.17) is 11.6 Å². The van der Waals surface area contributed by atoms with Gasteiger partial charge in [0.25, 0.3) is 0 Å². The number of hydrogen-bond acceptors (Lipinski definition) is 3. The van der Waals surface area contributed by atoms with Crippen molar-refractivity contribution in [2.45, 2.75) is 25.9 Å². The van der Waals surface area contributed by atoms with Crippen LogP contribution in [0.1, 0.15) is 37.1 Å². The molecule has 0 spiro atoms. The van der Waals surface area contributed by atoms with E-state index in [0.717, 1.165) is 10.8 Å². The van der Waals surface area contributed by atoms with Crippen molar-refractivity contribution in [3.05, 3.63) is 58.7 Å². The highest BCUT2D eigenvalue weighted by atomic mass is 35.5. The van der Waals surface area contributed by atoms with Crippen molar-refractivity contribution in [3.8, 4) is 0 Å². The summed E-state index contributed by atoms with van der Waals surface area (Å²) >= 11 is 6.08. The molecule has 0 fully saturated rings. The molecule has 112 valence electrons. The second-order valence-electron chi connectivity index (χ2n) is 5.30. The van der Waals surface area contributed by atoms with E-state index >= 15 is 0 Å². The van der Waals surface area contributed by atoms with Crippen molar-refractivity contribution < 1.29 is 0 Å². The van der Waals surface area contributed by atoms with Crippen LogP contribution in [-0.4, -0.2) is 19.1 Å². The van der Waals surface area contributed by atoms with Crippen molar-refractivity contribution in [2.75, 3.05) is 19.0 Å². The summed E-state index contributed by atoms with van der Waals surface area (Å²) in [6, 6.07) is 12.7. The van der Waals surface area contributed by atoms with Crippen LogP contribution in [0.3, 0.4) is 0 Å². The predicted octanol–water partition coefficient (Wildman–Crippen LogP) is 4.21. The third kappa shape index (κ3) is 3.74. The van der Waals surface area contributed by atoms with Gasteiger partial charge in [0.2, 0.25) is 0 Å². The Morgan fingerprint density at radius 1 is 1.14 bits per heavy atom. The molecule has 2 rings (SSSR count). The van der Waals surface area contributed by atoms with Gasteiger partial charge in [-0.15, -0.1) is 0 Å². The summed E-state index contributed by atoms with van der Waals surface area (Å²) in [6.07, 6.45) is 1.86. The third-order valence-electron chi connectivity index (χ3n) is 3.98. The van der Waals surface area contributed by atoms with Gasteiger partial charge in [0.15, 0.2) is 0 Å². The van der Waals surface area contributed by atoms with Gasteiger partial charge >= 0.3 is 0 Å². The van der Waals surface area contributed by atoms with Gasteiger partial charge in [0, 0.05) is 24.3 Å². The maximum absolute atomic E-state index is 6.08. The molecule has 21 heavy (non-hydrogen) atoms. The molecule has 1 aromatic heterocycles. The molecule has 0 radical (unpaired) electrons. The van der Waals surface area contributed by atoms with E-state index in [9.17, 15) is 0 Å². The quantitative estimate of drug-likeness (QED) is 0.896. The smallest absolute Gasteiger partial charge is 0.129 e. The minimum atomic E-state index is 0.205. The Balaban J connectivity index is 2.25. The van der Waals surface area contributed by atoms with Crippen LogP contribution in [0.25, 0.3) is 0 Å². The summed E-state index contributed by atoms with van der Waals surface area (Å²) in [6.45, 7) is 4.29. The number of halogens is 1. The Morgan fingerprint density at radius 3 is 2.57 bits per heavy atom. The van der Waals surface area contributed by atoms with Gasteiger partial charge in [-0.05, 0) is 56.3 Å². The first-order valence-corrected chi connectivity index (χ1v) is 7.52. The summed E-state index contributed by atoms with van der Waals surface area (Å²) in [5, 5.41) is 4.01. The lowest BCUT2D eigenvalue weighted by Gasteiger charge is -2.27. The van der Waals surface area contributed by atoms with Crippen LogP contribution in [0.5, 0.6) is 0 Å². The zero-order valence-corrected chi connectivity index (χ0v) is 13.7. The molecule has 0 aliphatic rings. The largest absolute Gasteiger partial charge is 0.353 e. The molecule has 3 nitrogen and oxygen atoms in total. The molecule has 0 amide bonds. The monoisotopic (exact) mass is 303 g/mol. The minimum absolute atomic E-state index is 0.205. The Hall–Kier alpha value is -1.58. The van der Waals surface area contributed by atoms with E-state index in [2.05, 4.69) is 48.2 Å². The highest BCUT2D eigenvalue weighted by molar-refractivity contribution is 6.30. The number of aromatic nitrogens is 1. The fraction of sp³-hybridized carbons (Fsp3) is 0.353. The Kier molecular flexibility index (Phi) is 5.21. The Morgan fingerprint density at radius 2 is 1.90 bits per heavy atom. The molecule has 2 atom stereocenters. The molecule has 1 aromatic carbocycles. The SMILES string of the molecule is CNC(C)c1ccnc(N(C)C(C)c2cccc(Cl)c2)c1. The van der Waals surface area contributed by atoms with Crippen molar-refractivity contribution in [1.82, 2.24) is 10.3 Å². The van der Waals surface area contributed by atoms with Crippen LogP contribution in [0.15, 0.2) is 42.6 Å². The van der Waals surface area contributed by atoms with Crippen LogP contribution >= 0.6 is 11.6 Å². The number of rotatable bonds is 5. The fourth-order valence-electron chi connectivity index (χ4n) is 2.25. The van der Waals surface area contributed by atoms with E-state index in [1.54, 1.807) is 0 Å². The summed E-state index contributed by atoms with van der Waals surface area (Å²) in [5.41, 5.74) is 2.41. The van der Waals surface area contributed by atoms with Crippen molar-refractivity contribution in [1.29, 1.82) is 0 Å². The van der Waals surface area contributed by atoms with Crippen LogP contribution in [0, 0.1) is 0 Å². The number of benzene rings is 1. The second kappa shape index (κ2) is 6.92. The maximum Gasteiger partial charge on any atom is 0.129 e. The van der Waals surface area contributed by atoms with Crippen LogP contribution < -0.4 is 10.2 Å². The van der Waals surface area contributed by atoms with Crippen LogP contribution in [0.2, 0.25) is 5.02 Å². The van der Waals surface area contributed by atoms with E-state index in [1.165, 1.54) is 11.1 Å². The summed E-state index contributed by atoms with van der Waals surface area (Å²) < 4.78 is 0. The summed E-state index contributed by atoms with van der Waals surface area (Å²) in [7, 11) is 4.02. The van der Waals surface area contributed by atoms with Crippen LogP contribution in [-0.2, 0) is 0 Å². The minimum Gasteiger partial charge on any atom is -0.353 e. The molecule has 0 saturated carbocycles. The lowest BCUT2D eigenvalue weighted by Crippen LogP contribution is -2.23. The van der Waals surface area contributed by atoms with E-state index in [0.29, 0.717) is 6.04 Å². The lowest BCUT2D eigenvalue weighted by molar-refractivity contribution is 0.649. The van der Waals surface area contributed by atoms with Gasteiger partial charge in [0.1, 0.15) is 5.82 Å². The first kappa shape index (κ1) is 15.8. The molecular formula is C17H22ClN3. The highest BCUT2D eigenvalue weighted by Gasteiger charge is 2.15. The molecule has 0 saturated heterocycles. The first-order chi connectivity index (χ1) is 10.0. The van der Waals surface area contributed by atoms with Crippen molar-refractivity contribution >= 4 is 17.4 Å². The highest BCUT2D eigenvalue weighted by Crippen LogP contribution is 2.26. The van der Waals surface area contributed by atoms with Crippen molar-refractivity contribution in [3.63, 3.8) is 0 Å². The molecular weight excluding hydrogens is 282 g/mol. The summed E-state index contributed by atoms with van der Waals surface area (Å²) in [5.74, 6) is 0.960. The third-order valence-corrected chi connectivity index (χ3v) is 4.21. The zero-order chi connectivity index (χ0) is 15.4. The number of pyridine rings is 1. The number of anilines is 1. The maximum atomic E-state index is 6.08. The standard InChI is InChI=1S/C17H22ClN3/c1-12(19-3)14-8-9-20-17(11-14)21(4)13(2)15-6-5-7-16(18)10-15/h5-13,19H,1-4H3. The van der Waals surface area contributed by atoms with Gasteiger partial charge in [-0.3, -0.25) is 0 Å². The van der Waals surface area contributed by atoms with E-state index in [-0.39, 0.29) is 6.04 Å². The topological polar surface area (TPSA) is 28.2 Å². The van der Waals surface area contributed by atoms with Gasteiger partial charge in [-0.1, -0.05) is 23.7 Å². The molecule has 2 unspecified atom stereocenters. The Labute approximate surface area is 132 Å². The van der Waals surface area contributed by atoms with Crippen molar-refractivity contribution in [2.24, 2.45) is 0 Å². The lowest BCUT2D eigenvalue weighted by atomic mass is 10.1. The molecule has 0 bridgehead atoms. The fourth-order valence-corrected chi connectivity index (χ4v) is 2.45. The normalized spacial score (nSPS) is 13.8. The average Bonchev–Trinajstić information content (AvgIpc) is 2.52. The number of nitrogens with one attached hydrogen (secondary N) is 1. The predicted molar refractivity (Wildman–Crippen MR) is 90.0 cm³/mol. The average molecular weight is 304 g/mol. The van der Waals surface area contributed by atoms with Crippen LogP contribution in [0.4, 0.5) is 5.82 Å².